The number of benzene rings is 2. The lowest BCUT2D eigenvalue weighted by Gasteiger charge is -2.07. The normalized spacial score (nSPS) is 10.8. The molecule has 1 aromatic heterocycles. The maximum atomic E-state index is 10.8. The molecule has 0 fully saturated rings. The third kappa shape index (κ3) is 2.26. The molecule has 1 heterocycles. The Kier molecular flexibility index (Phi) is 3.16. The molecule has 3 rings (SSSR count). The molecule has 0 aliphatic heterocycles. The van der Waals surface area contributed by atoms with Gasteiger partial charge in [0.05, 0.1) is 15.5 Å². The van der Waals surface area contributed by atoms with Crippen LogP contribution in [0.25, 0.3) is 10.9 Å². The highest BCUT2D eigenvalue weighted by Crippen LogP contribution is 2.25. The zero-order chi connectivity index (χ0) is 14.1. The summed E-state index contributed by atoms with van der Waals surface area (Å²) in [5.41, 5.74) is 1.92. The predicted octanol–water partition coefficient (Wildman–Crippen LogP) is 4.25. The molecule has 5 heteroatoms. The Morgan fingerprint density at radius 3 is 2.75 bits per heavy atom. The van der Waals surface area contributed by atoms with Crippen LogP contribution >= 0.6 is 11.6 Å². The molecule has 0 saturated heterocycles. The molecule has 0 radical (unpaired) electrons. The molecule has 0 unspecified atom stereocenters. The molecule has 0 spiro atoms. The van der Waals surface area contributed by atoms with Gasteiger partial charge in [-0.2, -0.15) is 0 Å². The largest absolute Gasteiger partial charge is 0.342 e. The number of hydrogen-bond acceptors (Lipinski definition) is 2. The smallest absolute Gasteiger partial charge is 0.269 e. The average molecular weight is 287 g/mol. The number of fused-ring (bicyclic) bond motifs is 1. The second kappa shape index (κ2) is 4.98. The van der Waals surface area contributed by atoms with Crippen LogP contribution in [0.3, 0.4) is 0 Å². The minimum absolute atomic E-state index is 0.102. The van der Waals surface area contributed by atoms with Crippen LogP contribution < -0.4 is 0 Å². The van der Waals surface area contributed by atoms with Gasteiger partial charge in [0.2, 0.25) is 0 Å². The summed E-state index contributed by atoms with van der Waals surface area (Å²) in [4.78, 5) is 10.4. The van der Waals surface area contributed by atoms with Crippen LogP contribution in [-0.4, -0.2) is 9.49 Å². The van der Waals surface area contributed by atoms with E-state index in [1.54, 1.807) is 12.1 Å². The molecule has 2 aromatic carbocycles. The second-order valence-electron chi connectivity index (χ2n) is 4.55. The fourth-order valence-electron chi connectivity index (χ4n) is 2.31. The highest BCUT2D eigenvalue weighted by molar-refractivity contribution is 6.35. The van der Waals surface area contributed by atoms with Gasteiger partial charge in [0, 0.05) is 30.3 Å². The van der Waals surface area contributed by atoms with Crippen molar-refractivity contribution in [2.24, 2.45) is 0 Å². The van der Waals surface area contributed by atoms with E-state index in [-0.39, 0.29) is 10.6 Å². The van der Waals surface area contributed by atoms with Crippen LogP contribution in [0.4, 0.5) is 5.69 Å². The fourth-order valence-corrected chi connectivity index (χ4v) is 2.60. The van der Waals surface area contributed by atoms with Crippen LogP contribution in [0.2, 0.25) is 5.02 Å². The molecule has 0 bridgehead atoms. The Bertz CT molecular complexity index is 795. The van der Waals surface area contributed by atoms with E-state index in [9.17, 15) is 10.1 Å². The molecule has 0 amide bonds. The van der Waals surface area contributed by atoms with Gasteiger partial charge in [-0.05, 0) is 17.7 Å². The monoisotopic (exact) mass is 286 g/mol. The Morgan fingerprint density at radius 1 is 1.15 bits per heavy atom. The molecule has 100 valence electrons. The van der Waals surface area contributed by atoms with E-state index in [1.807, 2.05) is 41.1 Å². The van der Waals surface area contributed by atoms with Crippen molar-refractivity contribution in [2.45, 2.75) is 6.54 Å². The summed E-state index contributed by atoms with van der Waals surface area (Å²) in [6.45, 7) is 0.551. The van der Waals surface area contributed by atoms with Crippen molar-refractivity contribution in [3.63, 3.8) is 0 Å². The number of nitro benzene ring substituents is 1. The van der Waals surface area contributed by atoms with E-state index < -0.39 is 0 Å². The maximum Gasteiger partial charge on any atom is 0.269 e. The van der Waals surface area contributed by atoms with Gasteiger partial charge in [0.25, 0.3) is 5.69 Å². The Labute approximate surface area is 120 Å². The predicted molar refractivity (Wildman–Crippen MR) is 79.1 cm³/mol. The molecule has 0 aliphatic rings. The van der Waals surface area contributed by atoms with Gasteiger partial charge in [-0.3, -0.25) is 10.1 Å². The zero-order valence-corrected chi connectivity index (χ0v) is 11.2. The summed E-state index contributed by atoms with van der Waals surface area (Å²) in [5.74, 6) is 0. The number of halogens is 1. The van der Waals surface area contributed by atoms with Gasteiger partial charge in [-0.25, -0.2) is 0 Å². The van der Waals surface area contributed by atoms with Crippen molar-refractivity contribution in [3.8, 4) is 0 Å². The number of non-ortho nitro benzene ring substituents is 1. The van der Waals surface area contributed by atoms with E-state index >= 15 is 0 Å². The minimum atomic E-state index is -0.385. The SMILES string of the molecule is O=[N+]([O-])c1cccc(Cn2ccc3cccc(Cl)c32)c1. The van der Waals surface area contributed by atoms with E-state index in [2.05, 4.69) is 0 Å². The van der Waals surface area contributed by atoms with Crippen LogP contribution in [-0.2, 0) is 6.54 Å². The number of hydrogen-bond donors (Lipinski definition) is 0. The lowest BCUT2D eigenvalue weighted by molar-refractivity contribution is -0.384. The number of rotatable bonds is 3. The van der Waals surface area contributed by atoms with Crippen molar-refractivity contribution in [3.05, 3.63) is 75.4 Å². The number of aromatic nitrogens is 1. The van der Waals surface area contributed by atoms with Crippen molar-refractivity contribution < 1.29 is 4.92 Å². The molecule has 20 heavy (non-hydrogen) atoms. The van der Waals surface area contributed by atoms with Gasteiger partial charge in [-0.1, -0.05) is 35.9 Å². The Hall–Kier alpha value is -2.33. The standard InChI is InChI=1S/C15H11ClN2O2/c16-14-6-2-4-12-7-8-17(15(12)14)10-11-3-1-5-13(9-11)18(19)20/h1-9H,10H2. The van der Waals surface area contributed by atoms with Gasteiger partial charge >= 0.3 is 0 Å². The first kappa shape index (κ1) is 12.7. The Balaban J connectivity index is 2.01. The van der Waals surface area contributed by atoms with Crippen LogP contribution in [0.1, 0.15) is 5.56 Å². The number of para-hydroxylation sites is 1. The first-order valence-electron chi connectivity index (χ1n) is 6.12. The third-order valence-corrected chi connectivity index (χ3v) is 3.52. The molecule has 4 nitrogen and oxygen atoms in total. The molecule has 0 saturated carbocycles. The molecular formula is C15H11ClN2O2. The lowest BCUT2D eigenvalue weighted by atomic mass is 10.2. The summed E-state index contributed by atoms with van der Waals surface area (Å²) >= 11 is 6.22. The number of nitro groups is 1. The first-order valence-corrected chi connectivity index (χ1v) is 6.49. The molecule has 3 aromatic rings. The first-order chi connectivity index (χ1) is 9.65. The Morgan fingerprint density at radius 2 is 1.95 bits per heavy atom. The summed E-state index contributed by atoms with van der Waals surface area (Å²) < 4.78 is 2.00. The van der Waals surface area contributed by atoms with Crippen molar-refractivity contribution in [2.75, 3.05) is 0 Å². The molecule has 0 N–H and O–H groups in total. The molecule has 0 atom stereocenters. The molecular weight excluding hydrogens is 276 g/mol. The van der Waals surface area contributed by atoms with Crippen LogP contribution in [0, 0.1) is 10.1 Å². The van der Waals surface area contributed by atoms with E-state index in [4.69, 9.17) is 11.6 Å². The van der Waals surface area contributed by atoms with Crippen molar-refractivity contribution >= 4 is 28.2 Å². The topological polar surface area (TPSA) is 48.1 Å². The van der Waals surface area contributed by atoms with Crippen molar-refractivity contribution in [1.82, 2.24) is 4.57 Å². The highest BCUT2D eigenvalue weighted by atomic mass is 35.5. The van der Waals surface area contributed by atoms with E-state index in [0.29, 0.717) is 11.6 Å². The lowest BCUT2D eigenvalue weighted by Crippen LogP contribution is -1.99. The van der Waals surface area contributed by atoms with Crippen molar-refractivity contribution in [1.29, 1.82) is 0 Å². The average Bonchev–Trinajstić information content (AvgIpc) is 2.84. The molecule has 0 aliphatic carbocycles. The number of nitrogens with zero attached hydrogens (tertiary/aromatic N) is 2. The second-order valence-corrected chi connectivity index (χ2v) is 4.96. The fraction of sp³-hybridized carbons (Fsp3) is 0.0667. The van der Waals surface area contributed by atoms with Gasteiger partial charge < -0.3 is 4.57 Å². The van der Waals surface area contributed by atoms with E-state index in [1.165, 1.54) is 6.07 Å². The minimum Gasteiger partial charge on any atom is -0.342 e. The highest BCUT2D eigenvalue weighted by Gasteiger charge is 2.08. The van der Waals surface area contributed by atoms with Gasteiger partial charge in [-0.15, -0.1) is 0 Å². The zero-order valence-electron chi connectivity index (χ0n) is 10.5. The van der Waals surface area contributed by atoms with Crippen LogP contribution in [0.15, 0.2) is 54.7 Å². The maximum absolute atomic E-state index is 10.8. The van der Waals surface area contributed by atoms with E-state index in [0.717, 1.165) is 16.5 Å². The third-order valence-electron chi connectivity index (χ3n) is 3.21. The van der Waals surface area contributed by atoms with Crippen LogP contribution in [0.5, 0.6) is 0 Å². The van der Waals surface area contributed by atoms with Gasteiger partial charge in [0.15, 0.2) is 0 Å². The summed E-state index contributed by atoms with van der Waals surface area (Å²) in [7, 11) is 0. The summed E-state index contributed by atoms with van der Waals surface area (Å²) in [5, 5.41) is 12.5. The summed E-state index contributed by atoms with van der Waals surface area (Å²) in [6, 6.07) is 14.4. The van der Waals surface area contributed by atoms with Gasteiger partial charge in [0.1, 0.15) is 0 Å². The quantitative estimate of drug-likeness (QED) is 0.534. The summed E-state index contributed by atoms with van der Waals surface area (Å²) in [6.07, 6.45) is 1.94.